The van der Waals surface area contributed by atoms with Gasteiger partial charge in [-0.15, -0.1) is 0 Å². The first-order chi connectivity index (χ1) is 12.7. The molecule has 0 spiro atoms. The average Bonchev–Trinajstić information content (AvgIpc) is 3.18. The van der Waals surface area contributed by atoms with Gasteiger partial charge in [-0.05, 0) is 31.0 Å². The highest BCUT2D eigenvalue weighted by Gasteiger charge is 2.19. The molecule has 2 aromatic carbocycles. The first kappa shape index (κ1) is 18.0. The lowest BCUT2D eigenvalue weighted by Gasteiger charge is -2.13. The molecule has 5 nitrogen and oxygen atoms in total. The van der Waals surface area contributed by atoms with E-state index in [2.05, 4.69) is 5.32 Å². The van der Waals surface area contributed by atoms with Crippen molar-refractivity contribution >= 4 is 11.9 Å². The first-order valence-corrected chi connectivity index (χ1v) is 8.94. The fourth-order valence-electron chi connectivity index (χ4n) is 3.07. The summed E-state index contributed by atoms with van der Waals surface area (Å²) >= 11 is 0. The van der Waals surface area contributed by atoms with E-state index in [9.17, 15) is 9.59 Å². The lowest BCUT2D eigenvalue weighted by atomic mass is 10.1. The summed E-state index contributed by atoms with van der Waals surface area (Å²) in [5.74, 6) is -0.0336. The van der Waals surface area contributed by atoms with Crippen molar-refractivity contribution in [2.45, 2.75) is 38.3 Å². The van der Waals surface area contributed by atoms with Crippen LogP contribution in [-0.2, 0) is 16.1 Å². The third kappa shape index (κ3) is 5.09. The van der Waals surface area contributed by atoms with Crippen LogP contribution in [0.1, 0.15) is 41.6 Å². The third-order valence-corrected chi connectivity index (χ3v) is 4.43. The lowest BCUT2D eigenvalue weighted by molar-refractivity contribution is -0.124. The van der Waals surface area contributed by atoms with Gasteiger partial charge in [-0.2, -0.15) is 0 Å². The van der Waals surface area contributed by atoms with Crippen LogP contribution >= 0.6 is 0 Å². The highest BCUT2D eigenvalue weighted by atomic mass is 16.5. The van der Waals surface area contributed by atoms with Crippen LogP contribution in [-0.4, -0.2) is 24.5 Å². The molecule has 0 saturated heterocycles. The number of carbonyl (C=O) groups excluding carboxylic acids is 2. The van der Waals surface area contributed by atoms with Crippen molar-refractivity contribution in [3.8, 4) is 5.75 Å². The molecule has 0 aromatic heterocycles. The van der Waals surface area contributed by atoms with E-state index in [0.29, 0.717) is 5.56 Å². The fourth-order valence-corrected chi connectivity index (χ4v) is 3.07. The van der Waals surface area contributed by atoms with E-state index >= 15 is 0 Å². The molecule has 1 aliphatic carbocycles. The van der Waals surface area contributed by atoms with E-state index in [0.717, 1.165) is 37.0 Å². The van der Waals surface area contributed by atoms with Crippen LogP contribution in [0.15, 0.2) is 54.6 Å². The summed E-state index contributed by atoms with van der Waals surface area (Å²) in [7, 11) is 0. The average molecular weight is 353 g/mol. The Hall–Kier alpha value is -2.82. The van der Waals surface area contributed by atoms with Crippen LogP contribution in [0.5, 0.6) is 5.75 Å². The Kier molecular flexibility index (Phi) is 6.25. The Morgan fingerprint density at radius 3 is 2.42 bits per heavy atom. The van der Waals surface area contributed by atoms with Crippen LogP contribution in [0.3, 0.4) is 0 Å². The van der Waals surface area contributed by atoms with Crippen LogP contribution in [0.4, 0.5) is 0 Å². The molecule has 1 fully saturated rings. The second kappa shape index (κ2) is 9.04. The SMILES string of the molecule is O=C(COC(=O)c1ccccc1COc1ccccc1)NC1CCCC1. The van der Waals surface area contributed by atoms with Gasteiger partial charge in [-0.1, -0.05) is 49.2 Å². The summed E-state index contributed by atoms with van der Waals surface area (Å²) in [6.45, 7) is -0.00718. The van der Waals surface area contributed by atoms with Gasteiger partial charge < -0.3 is 14.8 Å². The molecule has 0 atom stereocenters. The van der Waals surface area contributed by atoms with Gasteiger partial charge >= 0.3 is 5.97 Å². The zero-order chi connectivity index (χ0) is 18.2. The number of carbonyl (C=O) groups is 2. The monoisotopic (exact) mass is 353 g/mol. The molecule has 26 heavy (non-hydrogen) atoms. The largest absolute Gasteiger partial charge is 0.489 e. The molecule has 3 rings (SSSR count). The number of ether oxygens (including phenoxy) is 2. The summed E-state index contributed by atoms with van der Waals surface area (Å²) in [6, 6.07) is 16.7. The van der Waals surface area contributed by atoms with Gasteiger partial charge in [-0.25, -0.2) is 4.79 Å². The molecule has 0 bridgehead atoms. The molecule has 0 radical (unpaired) electrons. The Morgan fingerprint density at radius 1 is 0.962 bits per heavy atom. The normalized spacial score (nSPS) is 14.0. The van der Waals surface area contributed by atoms with Gasteiger partial charge in [0.2, 0.25) is 0 Å². The summed E-state index contributed by atoms with van der Waals surface area (Å²) in [5.41, 5.74) is 1.13. The zero-order valence-electron chi connectivity index (χ0n) is 14.6. The van der Waals surface area contributed by atoms with Crippen molar-refractivity contribution in [3.05, 3.63) is 65.7 Å². The molecular formula is C21H23NO4. The van der Waals surface area contributed by atoms with Gasteiger partial charge in [0.15, 0.2) is 6.61 Å². The van der Waals surface area contributed by atoms with Crippen LogP contribution in [0.25, 0.3) is 0 Å². The molecule has 1 saturated carbocycles. The predicted octanol–water partition coefficient (Wildman–Crippen LogP) is 3.48. The van der Waals surface area contributed by atoms with Crippen molar-refractivity contribution in [1.82, 2.24) is 5.32 Å². The Labute approximate surface area is 153 Å². The molecule has 1 aliphatic rings. The number of esters is 1. The molecule has 1 N–H and O–H groups in total. The number of rotatable bonds is 7. The molecule has 1 amide bonds. The summed E-state index contributed by atoms with van der Waals surface area (Å²) in [6.07, 6.45) is 4.28. The van der Waals surface area contributed by atoms with Crippen LogP contribution in [0.2, 0.25) is 0 Å². The predicted molar refractivity (Wildman–Crippen MR) is 97.9 cm³/mol. The van der Waals surface area contributed by atoms with Crippen LogP contribution < -0.4 is 10.1 Å². The van der Waals surface area contributed by atoms with Crippen molar-refractivity contribution in [2.75, 3.05) is 6.61 Å². The quantitative estimate of drug-likeness (QED) is 0.774. The molecule has 0 heterocycles. The summed E-state index contributed by atoms with van der Waals surface area (Å²) in [4.78, 5) is 24.3. The maximum absolute atomic E-state index is 12.4. The Balaban J connectivity index is 1.54. The van der Waals surface area contributed by atoms with Gasteiger partial charge in [0.25, 0.3) is 5.91 Å². The van der Waals surface area contributed by atoms with E-state index < -0.39 is 5.97 Å². The number of hydrogen-bond donors (Lipinski definition) is 1. The highest BCUT2D eigenvalue weighted by molar-refractivity contribution is 5.92. The second-order valence-electron chi connectivity index (χ2n) is 6.38. The maximum atomic E-state index is 12.4. The highest BCUT2D eigenvalue weighted by Crippen LogP contribution is 2.18. The fraction of sp³-hybridized carbons (Fsp3) is 0.333. The summed E-state index contributed by atoms with van der Waals surface area (Å²) < 4.78 is 10.9. The molecule has 136 valence electrons. The third-order valence-electron chi connectivity index (χ3n) is 4.43. The minimum absolute atomic E-state index is 0.216. The van der Waals surface area contributed by atoms with E-state index in [-0.39, 0.29) is 25.2 Å². The van der Waals surface area contributed by atoms with Crippen molar-refractivity contribution in [1.29, 1.82) is 0 Å². The maximum Gasteiger partial charge on any atom is 0.339 e. The minimum Gasteiger partial charge on any atom is -0.489 e. The van der Waals surface area contributed by atoms with E-state index in [4.69, 9.17) is 9.47 Å². The van der Waals surface area contributed by atoms with Gasteiger partial charge in [0.05, 0.1) is 5.56 Å². The first-order valence-electron chi connectivity index (χ1n) is 8.94. The van der Waals surface area contributed by atoms with Crippen LogP contribution in [0, 0.1) is 0 Å². The minimum atomic E-state index is -0.515. The molecular weight excluding hydrogens is 330 g/mol. The molecule has 2 aromatic rings. The smallest absolute Gasteiger partial charge is 0.339 e. The molecule has 0 unspecified atom stereocenters. The van der Waals surface area contributed by atoms with Crippen molar-refractivity contribution in [2.24, 2.45) is 0 Å². The number of benzene rings is 2. The van der Waals surface area contributed by atoms with E-state index in [1.54, 1.807) is 12.1 Å². The second-order valence-corrected chi connectivity index (χ2v) is 6.38. The summed E-state index contributed by atoms with van der Waals surface area (Å²) in [5, 5.41) is 2.91. The van der Waals surface area contributed by atoms with Gasteiger partial charge in [-0.3, -0.25) is 4.79 Å². The van der Waals surface area contributed by atoms with Gasteiger partial charge in [0, 0.05) is 11.6 Å². The zero-order valence-corrected chi connectivity index (χ0v) is 14.6. The Morgan fingerprint density at radius 2 is 1.65 bits per heavy atom. The Bertz CT molecular complexity index is 739. The van der Waals surface area contributed by atoms with E-state index in [1.807, 2.05) is 42.5 Å². The number of hydrogen-bond acceptors (Lipinski definition) is 4. The van der Waals surface area contributed by atoms with Crippen molar-refractivity contribution < 1.29 is 19.1 Å². The standard InChI is InChI=1S/C21H23NO4/c23-20(22-17-9-5-6-10-17)15-26-21(24)19-13-7-4-8-16(19)14-25-18-11-2-1-3-12-18/h1-4,7-8,11-13,17H,5-6,9-10,14-15H2,(H,22,23). The lowest BCUT2D eigenvalue weighted by Crippen LogP contribution is -2.36. The van der Waals surface area contributed by atoms with Crippen molar-refractivity contribution in [3.63, 3.8) is 0 Å². The number of para-hydroxylation sites is 1. The van der Waals surface area contributed by atoms with E-state index in [1.165, 1.54) is 0 Å². The molecule has 5 heteroatoms. The van der Waals surface area contributed by atoms with Gasteiger partial charge in [0.1, 0.15) is 12.4 Å². The topological polar surface area (TPSA) is 64.6 Å². The molecule has 0 aliphatic heterocycles. The number of nitrogens with one attached hydrogen (secondary N) is 1. The number of amides is 1.